The quantitative estimate of drug-likeness (QED) is 0.782. The van der Waals surface area contributed by atoms with E-state index in [0.29, 0.717) is 11.7 Å². The number of H-pyrrole nitrogens is 1. The Kier molecular flexibility index (Phi) is 1.62. The highest BCUT2D eigenvalue weighted by atomic mass is 16.5. The SMILES string of the molecule is Cc1cc(-c2c(N)noc2C2CC2)n[nH]1. The van der Waals surface area contributed by atoms with Gasteiger partial charge in [0.25, 0.3) is 0 Å². The number of hydrogen-bond donors (Lipinski definition) is 2. The molecule has 5 nitrogen and oxygen atoms in total. The molecule has 1 aliphatic rings. The Labute approximate surface area is 86.6 Å². The van der Waals surface area contributed by atoms with Gasteiger partial charge in [0.1, 0.15) is 0 Å². The third-order valence-electron chi connectivity index (χ3n) is 2.66. The fourth-order valence-electron chi connectivity index (χ4n) is 1.74. The van der Waals surface area contributed by atoms with Gasteiger partial charge in [-0.15, -0.1) is 0 Å². The predicted molar refractivity (Wildman–Crippen MR) is 55.2 cm³/mol. The zero-order valence-corrected chi connectivity index (χ0v) is 8.45. The molecule has 3 rings (SSSR count). The zero-order valence-electron chi connectivity index (χ0n) is 8.45. The number of hydrogen-bond acceptors (Lipinski definition) is 4. The third-order valence-corrected chi connectivity index (χ3v) is 2.66. The molecular formula is C10H12N4O. The summed E-state index contributed by atoms with van der Waals surface area (Å²) in [5.41, 5.74) is 8.49. The van der Waals surface area contributed by atoms with Gasteiger partial charge >= 0.3 is 0 Å². The molecule has 15 heavy (non-hydrogen) atoms. The molecule has 0 atom stereocenters. The molecule has 2 aromatic heterocycles. The smallest absolute Gasteiger partial charge is 0.176 e. The number of aromatic amines is 1. The number of rotatable bonds is 2. The second-order valence-electron chi connectivity index (χ2n) is 4.02. The van der Waals surface area contributed by atoms with Crippen molar-refractivity contribution < 1.29 is 4.52 Å². The van der Waals surface area contributed by atoms with Crippen LogP contribution in [-0.4, -0.2) is 15.4 Å². The van der Waals surface area contributed by atoms with Crippen LogP contribution >= 0.6 is 0 Å². The van der Waals surface area contributed by atoms with E-state index in [9.17, 15) is 0 Å². The number of nitrogens with one attached hydrogen (secondary N) is 1. The molecule has 1 aliphatic carbocycles. The Morgan fingerprint density at radius 3 is 2.93 bits per heavy atom. The number of nitrogens with two attached hydrogens (primary N) is 1. The van der Waals surface area contributed by atoms with Crippen LogP contribution in [0.25, 0.3) is 11.3 Å². The van der Waals surface area contributed by atoms with Gasteiger partial charge in [-0.3, -0.25) is 5.10 Å². The highest BCUT2D eigenvalue weighted by molar-refractivity contribution is 5.73. The van der Waals surface area contributed by atoms with E-state index in [1.165, 1.54) is 0 Å². The lowest BCUT2D eigenvalue weighted by molar-refractivity contribution is 0.387. The standard InChI is InChI=1S/C10H12N4O/c1-5-4-7(13-12-5)8-9(6-2-3-6)15-14-10(8)11/h4,6H,2-3H2,1H3,(H2,11,14)(H,12,13). The third kappa shape index (κ3) is 1.31. The van der Waals surface area contributed by atoms with Crippen LogP contribution in [0.4, 0.5) is 5.82 Å². The van der Waals surface area contributed by atoms with Crippen LogP contribution in [0.3, 0.4) is 0 Å². The van der Waals surface area contributed by atoms with E-state index in [1.807, 2.05) is 13.0 Å². The van der Waals surface area contributed by atoms with Crippen molar-refractivity contribution in [2.75, 3.05) is 5.73 Å². The number of nitrogens with zero attached hydrogens (tertiary/aromatic N) is 2. The van der Waals surface area contributed by atoms with Gasteiger partial charge in [0.15, 0.2) is 11.6 Å². The topological polar surface area (TPSA) is 80.7 Å². The number of aryl methyl sites for hydroxylation is 1. The van der Waals surface area contributed by atoms with E-state index in [1.54, 1.807) is 0 Å². The number of anilines is 1. The van der Waals surface area contributed by atoms with Gasteiger partial charge in [-0.2, -0.15) is 5.10 Å². The van der Waals surface area contributed by atoms with Crippen LogP contribution in [0.1, 0.15) is 30.2 Å². The minimum atomic E-state index is 0.434. The summed E-state index contributed by atoms with van der Waals surface area (Å²) in [7, 11) is 0. The van der Waals surface area contributed by atoms with Crippen molar-refractivity contribution in [2.24, 2.45) is 0 Å². The first-order valence-corrected chi connectivity index (χ1v) is 5.03. The first kappa shape index (κ1) is 8.52. The molecular weight excluding hydrogens is 192 g/mol. The molecule has 1 saturated carbocycles. The van der Waals surface area contributed by atoms with Crippen molar-refractivity contribution in [3.63, 3.8) is 0 Å². The second-order valence-corrected chi connectivity index (χ2v) is 4.02. The maximum absolute atomic E-state index is 5.79. The lowest BCUT2D eigenvalue weighted by atomic mass is 10.1. The molecule has 5 heteroatoms. The largest absolute Gasteiger partial charge is 0.380 e. The van der Waals surface area contributed by atoms with Crippen LogP contribution < -0.4 is 5.73 Å². The molecule has 2 aromatic rings. The van der Waals surface area contributed by atoms with Gasteiger partial charge in [-0.1, -0.05) is 5.16 Å². The fourth-order valence-corrected chi connectivity index (χ4v) is 1.74. The van der Waals surface area contributed by atoms with E-state index in [4.69, 9.17) is 10.3 Å². The molecule has 0 saturated heterocycles. The van der Waals surface area contributed by atoms with Crippen LogP contribution in [0.2, 0.25) is 0 Å². The lowest BCUT2D eigenvalue weighted by Gasteiger charge is -1.95. The van der Waals surface area contributed by atoms with E-state index in [2.05, 4.69) is 15.4 Å². The first-order chi connectivity index (χ1) is 7.25. The van der Waals surface area contributed by atoms with Crippen molar-refractivity contribution in [3.05, 3.63) is 17.5 Å². The monoisotopic (exact) mass is 204 g/mol. The maximum Gasteiger partial charge on any atom is 0.176 e. The summed E-state index contributed by atoms with van der Waals surface area (Å²) in [5, 5.41) is 10.9. The minimum Gasteiger partial charge on any atom is -0.380 e. The highest BCUT2D eigenvalue weighted by Gasteiger charge is 2.33. The summed E-state index contributed by atoms with van der Waals surface area (Å²) < 4.78 is 5.25. The average molecular weight is 204 g/mol. The molecule has 3 N–H and O–H groups in total. The summed E-state index contributed by atoms with van der Waals surface area (Å²) in [6.45, 7) is 1.96. The summed E-state index contributed by atoms with van der Waals surface area (Å²) in [6, 6.07) is 1.95. The Morgan fingerprint density at radius 1 is 1.53 bits per heavy atom. The summed E-state index contributed by atoms with van der Waals surface area (Å²) in [6.07, 6.45) is 2.32. The van der Waals surface area contributed by atoms with Gasteiger partial charge in [0.05, 0.1) is 11.3 Å². The molecule has 0 radical (unpaired) electrons. The average Bonchev–Trinajstić information content (AvgIpc) is 2.86. The van der Waals surface area contributed by atoms with Crippen molar-refractivity contribution in [2.45, 2.75) is 25.7 Å². The number of nitrogen functional groups attached to an aromatic ring is 1. The molecule has 0 bridgehead atoms. The van der Waals surface area contributed by atoms with Gasteiger partial charge in [-0.05, 0) is 25.8 Å². The Hall–Kier alpha value is -1.78. The normalized spacial score (nSPS) is 15.8. The molecule has 0 amide bonds. The first-order valence-electron chi connectivity index (χ1n) is 5.03. The van der Waals surface area contributed by atoms with Crippen molar-refractivity contribution in [3.8, 4) is 11.3 Å². The molecule has 0 aromatic carbocycles. The Balaban J connectivity index is 2.12. The minimum absolute atomic E-state index is 0.434. The molecule has 0 aliphatic heterocycles. The van der Waals surface area contributed by atoms with E-state index in [0.717, 1.165) is 35.6 Å². The summed E-state index contributed by atoms with van der Waals surface area (Å²) in [5.74, 6) is 1.81. The van der Waals surface area contributed by atoms with Crippen molar-refractivity contribution >= 4 is 5.82 Å². The lowest BCUT2D eigenvalue weighted by Crippen LogP contribution is -1.89. The van der Waals surface area contributed by atoms with Crippen LogP contribution in [-0.2, 0) is 0 Å². The molecule has 0 unspecified atom stereocenters. The van der Waals surface area contributed by atoms with E-state index in [-0.39, 0.29) is 0 Å². The molecule has 0 spiro atoms. The van der Waals surface area contributed by atoms with Gasteiger partial charge in [0.2, 0.25) is 0 Å². The summed E-state index contributed by atoms with van der Waals surface area (Å²) >= 11 is 0. The van der Waals surface area contributed by atoms with Crippen LogP contribution in [0, 0.1) is 6.92 Å². The predicted octanol–water partition coefficient (Wildman–Crippen LogP) is 1.83. The van der Waals surface area contributed by atoms with Crippen molar-refractivity contribution in [1.82, 2.24) is 15.4 Å². The van der Waals surface area contributed by atoms with Gasteiger partial charge in [0, 0.05) is 11.6 Å². The van der Waals surface area contributed by atoms with Crippen LogP contribution in [0.5, 0.6) is 0 Å². The molecule has 1 fully saturated rings. The second kappa shape index (κ2) is 2.85. The van der Waals surface area contributed by atoms with E-state index < -0.39 is 0 Å². The van der Waals surface area contributed by atoms with Crippen molar-refractivity contribution in [1.29, 1.82) is 0 Å². The molecule has 78 valence electrons. The number of aromatic nitrogens is 3. The van der Waals surface area contributed by atoms with Gasteiger partial charge in [-0.25, -0.2) is 0 Å². The zero-order chi connectivity index (χ0) is 10.4. The Morgan fingerprint density at radius 2 is 2.33 bits per heavy atom. The maximum atomic E-state index is 5.79. The van der Waals surface area contributed by atoms with Crippen LogP contribution in [0.15, 0.2) is 10.6 Å². The Bertz CT molecular complexity index is 495. The fraction of sp³-hybridized carbons (Fsp3) is 0.400. The van der Waals surface area contributed by atoms with E-state index >= 15 is 0 Å². The highest BCUT2D eigenvalue weighted by Crippen LogP contribution is 2.45. The molecule has 2 heterocycles. The van der Waals surface area contributed by atoms with Gasteiger partial charge < -0.3 is 10.3 Å². The summed E-state index contributed by atoms with van der Waals surface area (Å²) in [4.78, 5) is 0.